The Balaban J connectivity index is 1.41. The topological polar surface area (TPSA) is 107 Å². The van der Waals surface area contributed by atoms with Crippen LogP contribution in [-0.4, -0.2) is 86.0 Å². The minimum absolute atomic E-state index is 0.0348. The van der Waals surface area contributed by atoms with Crippen LogP contribution in [0.5, 0.6) is 0 Å². The van der Waals surface area contributed by atoms with Gasteiger partial charge in [0.05, 0.1) is 18.3 Å². The largest absolute Gasteiger partial charge is 0.354 e. The highest BCUT2D eigenvalue weighted by molar-refractivity contribution is 5.79. The molecule has 1 saturated carbocycles. The first-order chi connectivity index (χ1) is 16.4. The second kappa shape index (κ2) is 12.0. The molecule has 1 aliphatic carbocycles. The van der Waals surface area contributed by atoms with E-state index >= 15 is 0 Å². The molecule has 0 radical (unpaired) electrons. The lowest BCUT2D eigenvalue weighted by molar-refractivity contribution is -0.129. The molecule has 4 rings (SSSR count). The Morgan fingerprint density at radius 1 is 1.26 bits per heavy atom. The van der Waals surface area contributed by atoms with Crippen LogP contribution in [0.2, 0.25) is 0 Å². The predicted molar refractivity (Wildman–Crippen MR) is 134 cm³/mol. The van der Waals surface area contributed by atoms with Crippen LogP contribution in [0, 0.1) is 23.7 Å². The molecule has 4 aliphatic rings. The molecule has 9 nitrogen and oxygen atoms in total. The van der Waals surface area contributed by atoms with Gasteiger partial charge in [0.2, 0.25) is 5.91 Å². The number of nitrogens with one attached hydrogen (secondary N) is 4. The molecule has 0 spiro atoms. The van der Waals surface area contributed by atoms with Gasteiger partial charge in [0.15, 0.2) is 0 Å². The number of rotatable bonds is 9. The quantitative estimate of drug-likeness (QED) is 0.328. The van der Waals surface area contributed by atoms with Gasteiger partial charge in [-0.1, -0.05) is 6.42 Å². The molecule has 196 valence electrons. The van der Waals surface area contributed by atoms with Gasteiger partial charge in [0, 0.05) is 56.6 Å². The van der Waals surface area contributed by atoms with Crippen molar-refractivity contribution in [2.45, 2.75) is 89.7 Å². The highest BCUT2D eigenvalue weighted by atomic mass is 16.7. The first kappa shape index (κ1) is 26.3. The molecule has 3 aliphatic heterocycles. The van der Waals surface area contributed by atoms with Gasteiger partial charge in [-0.15, -0.1) is 0 Å². The van der Waals surface area contributed by atoms with Crippen molar-refractivity contribution in [2.24, 2.45) is 29.4 Å². The molecular weight excluding hydrogens is 430 g/mol. The van der Waals surface area contributed by atoms with Crippen molar-refractivity contribution in [3.8, 4) is 0 Å². The molecule has 8 atom stereocenters. The van der Waals surface area contributed by atoms with Gasteiger partial charge in [-0.2, -0.15) is 5.48 Å². The predicted octanol–water partition coefficient (Wildman–Crippen LogP) is 0.631. The smallest absolute Gasteiger partial charge is 0.223 e. The monoisotopic (exact) mass is 479 g/mol. The highest BCUT2D eigenvalue weighted by Crippen LogP contribution is 2.39. The number of piperidine rings is 1. The van der Waals surface area contributed by atoms with Crippen LogP contribution in [0.4, 0.5) is 0 Å². The number of likely N-dealkylation sites (N-methyl/N-ethyl adjacent to an activating group) is 1. The van der Waals surface area contributed by atoms with Crippen molar-refractivity contribution in [2.75, 3.05) is 39.8 Å². The van der Waals surface area contributed by atoms with Gasteiger partial charge in [0.1, 0.15) is 0 Å². The highest BCUT2D eigenvalue weighted by Gasteiger charge is 2.49. The second-order valence-electron chi connectivity index (χ2n) is 11.7. The van der Waals surface area contributed by atoms with E-state index in [0.29, 0.717) is 30.5 Å². The summed E-state index contributed by atoms with van der Waals surface area (Å²) in [5.41, 5.74) is 12.4. The molecule has 9 heteroatoms. The van der Waals surface area contributed by atoms with E-state index in [-0.39, 0.29) is 30.1 Å². The molecule has 3 saturated heterocycles. The number of hydrogen-bond donors (Lipinski definition) is 5. The fourth-order valence-corrected chi connectivity index (χ4v) is 6.87. The molecule has 3 heterocycles. The summed E-state index contributed by atoms with van der Waals surface area (Å²) in [5, 5.41) is 9.64. The van der Waals surface area contributed by atoms with Crippen LogP contribution in [0.1, 0.15) is 59.3 Å². The standard InChI is InChI=1S/C25H49N7O2/c1-16(2)32-24-22(14-28-32)21(25(33)27-13-20-10-17(3)34-30-20)12-23(29-24)19-7-5-6-18(11-19)15-31(4)9-8-26/h16-24,28-30H,5-15,26H2,1-4H3,(H,27,33). The lowest BCUT2D eigenvalue weighted by atomic mass is 9.71. The van der Waals surface area contributed by atoms with E-state index in [1.165, 1.54) is 25.7 Å². The minimum atomic E-state index is 0.0348. The van der Waals surface area contributed by atoms with Gasteiger partial charge < -0.3 is 16.0 Å². The zero-order valence-corrected chi connectivity index (χ0v) is 21.8. The molecule has 6 N–H and O–H groups in total. The maximum atomic E-state index is 13.5. The molecule has 0 bridgehead atoms. The van der Waals surface area contributed by atoms with Crippen LogP contribution >= 0.6 is 0 Å². The zero-order chi connectivity index (χ0) is 24.2. The summed E-state index contributed by atoms with van der Waals surface area (Å²) in [6.45, 7) is 10.8. The third kappa shape index (κ3) is 6.30. The summed E-state index contributed by atoms with van der Waals surface area (Å²) in [6, 6.07) is 0.967. The fraction of sp³-hybridized carbons (Fsp3) is 0.960. The van der Waals surface area contributed by atoms with Crippen molar-refractivity contribution in [3.63, 3.8) is 0 Å². The van der Waals surface area contributed by atoms with Crippen LogP contribution in [-0.2, 0) is 9.63 Å². The Morgan fingerprint density at radius 3 is 2.79 bits per heavy atom. The van der Waals surface area contributed by atoms with Crippen LogP contribution in [0.25, 0.3) is 0 Å². The van der Waals surface area contributed by atoms with Gasteiger partial charge in [-0.3, -0.25) is 20.4 Å². The van der Waals surface area contributed by atoms with E-state index in [9.17, 15) is 4.79 Å². The van der Waals surface area contributed by atoms with Crippen LogP contribution < -0.4 is 27.3 Å². The van der Waals surface area contributed by atoms with Gasteiger partial charge in [-0.05, 0) is 71.8 Å². The maximum Gasteiger partial charge on any atom is 0.223 e. The first-order valence-electron chi connectivity index (χ1n) is 13.7. The molecule has 8 unspecified atom stereocenters. The Hall–Kier alpha value is -0.810. The second-order valence-corrected chi connectivity index (χ2v) is 11.7. The summed E-state index contributed by atoms with van der Waals surface area (Å²) in [7, 11) is 2.19. The van der Waals surface area contributed by atoms with E-state index in [4.69, 9.17) is 10.6 Å². The van der Waals surface area contributed by atoms with E-state index in [2.05, 4.69) is 59.3 Å². The number of hydrazine groups is 1. The van der Waals surface area contributed by atoms with Crippen molar-refractivity contribution in [1.29, 1.82) is 0 Å². The van der Waals surface area contributed by atoms with Crippen LogP contribution in [0.15, 0.2) is 0 Å². The van der Waals surface area contributed by atoms with Crippen molar-refractivity contribution in [1.82, 2.24) is 31.4 Å². The average Bonchev–Trinajstić information content (AvgIpc) is 3.43. The first-order valence-corrected chi connectivity index (χ1v) is 13.7. The fourth-order valence-electron chi connectivity index (χ4n) is 6.87. The van der Waals surface area contributed by atoms with Gasteiger partial charge in [-0.25, -0.2) is 5.01 Å². The summed E-state index contributed by atoms with van der Waals surface area (Å²) < 4.78 is 0. The van der Waals surface area contributed by atoms with E-state index in [1.54, 1.807) is 0 Å². The summed E-state index contributed by atoms with van der Waals surface area (Å²) in [4.78, 5) is 21.3. The Bertz CT molecular complexity index is 665. The number of amides is 1. The van der Waals surface area contributed by atoms with Gasteiger partial charge in [0.25, 0.3) is 0 Å². The zero-order valence-electron chi connectivity index (χ0n) is 21.8. The number of nitrogens with two attached hydrogens (primary N) is 1. The average molecular weight is 480 g/mol. The van der Waals surface area contributed by atoms with Crippen molar-refractivity contribution < 1.29 is 9.63 Å². The Kier molecular flexibility index (Phi) is 9.23. The lowest BCUT2D eigenvalue weighted by Crippen LogP contribution is -2.62. The number of fused-ring (bicyclic) bond motifs is 1. The Labute approximate surface area is 206 Å². The Morgan fingerprint density at radius 2 is 2.09 bits per heavy atom. The molecular formula is C25H49N7O2. The van der Waals surface area contributed by atoms with E-state index in [1.807, 2.05) is 0 Å². The summed E-state index contributed by atoms with van der Waals surface area (Å²) in [6.07, 6.45) is 7.38. The number of hydroxylamine groups is 1. The third-order valence-electron chi connectivity index (χ3n) is 8.57. The lowest BCUT2D eigenvalue weighted by Gasteiger charge is -2.46. The third-order valence-corrected chi connectivity index (χ3v) is 8.57. The molecule has 0 aromatic carbocycles. The van der Waals surface area contributed by atoms with Crippen molar-refractivity contribution in [3.05, 3.63) is 0 Å². The number of hydrogen-bond acceptors (Lipinski definition) is 8. The SMILES string of the molecule is CC1CC(CNC(=O)C2CC(C3CCCC(CN(C)CCN)C3)NC3C2CNN3C(C)C)NO1. The number of carbonyl (C=O) groups is 1. The number of nitrogens with zero attached hydrogens (tertiary/aromatic N) is 2. The number of carbonyl (C=O) groups excluding carboxylic acids is 1. The van der Waals surface area contributed by atoms with E-state index in [0.717, 1.165) is 44.9 Å². The summed E-state index contributed by atoms with van der Waals surface area (Å²) in [5.74, 6) is 1.89. The molecule has 1 amide bonds. The maximum absolute atomic E-state index is 13.5. The van der Waals surface area contributed by atoms with Crippen LogP contribution in [0.3, 0.4) is 0 Å². The molecule has 0 aromatic heterocycles. The normalized spacial score (nSPS) is 39.0. The molecule has 4 fully saturated rings. The van der Waals surface area contributed by atoms with Gasteiger partial charge >= 0.3 is 0 Å². The molecule has 34 heavy (non-hydrogen) atoms. The van der Waals surface area contributed by atoms with Crippen molar-refractivity contribution >= 4 is 5.91 Å². The summed E-state index contributed by atoms with van der Waals surface area (Å²) >= 11 is 0. The molecule has 0 aromatic rings. The van der Waals surface area contributed by atoms with E-state index < -0.39 is 0 Å². The minimum Gasteiger partial charge on any atom is -0.354 e.